The van der Waals surface area contributed by atoms with Gasteiger partial charge in [0.1, 0.15) is 17.6 Å². The van der Waals surface area contributed by atoms with Crippen LogP contribution in [0.15, 0.2) is 58.7 Å². The highest BCUT2D eigenvalue weighted by Gasteiger charge is 2.35. The maximum Gasteiger partial charge on any atom is 0.272 e. The summed E-state index contributed by atoms with van der Waals surface area (Å²) >= 11 is 0. The molecule has 1 saturated carbocycles. The van der Waals surface area contributed by atoms with Crippen molar-refractivity contribution in [1.82, 2.24) is 4.90 Å². The molecule has 35 heavy (non-hydrogen) atoms. The van der Waals surface area contributed by atoms with E-state index in [1.165, 1.54) is 30.5 Å². The lowest BCUT2D eigenvalue weighted by molar-refractivity contribution is -0.128. The van der Waals surface area contributed by atoms with Crippen molar-refractivity contribution in [1.29, 1.82) is 5.26 Å². The minimum atomic E-state index is -0.597. The number of nitrogens with zero attached hydrogens (tertiary/aromatic N) is 3. The number of aliphatic hydroxyl groups excluding tert-OH is 1. The Labute approximate surface area is 205 Å². The standard InChI is InChI=1S/C29H30FN3O2/c30-26-17-22(10-11-23(26)18-31)27-25(16-19-4-6-20(7-5-19)21-8-9-21)24(12-15-34)28(32-27)29(35)33-13-2-1-3-14-33/h4-7,10-11,17,21,25,34H,1-3,8-9,12-16H2. The van der Waals surface area contributed by atoms with Crippen LogP contribution in [0.2, 0.25) is 0 Å². The van der Waals surface area contributed by atoms with Crippen molar-refractivity contribution in [3.05, 3.63) is 81.8 Å². The van der Waals surface area contributed by atoms with Gasteiger partial charge >= 0.3 is 0 Å². The van der Waals surface area contributed by atoms with Crippen molar-refractivity contribution in [2.75, 3.05) is 19.7 Å². The SMILES string of the molecule is N#Cc1ccc(C2=NC(C(=O)N3CCCCC3)=C(CCO)C2Cc2ccc(C3CC3)cc2)cc1F. The molecule has 6 heteroatoms. The van der Waals surface area contributed by atoms with Gasteiger partial charge in [0.15, 0.2) is 0 Å². The first-order valence-electron chi connectivity index (χ1n) is 12.6. The minimum Gasteiger partial charge on any atom is -0.396 e. The number of rotatable bonds is 7. The van der Waals surface area contributed by atoms with Crippen molar-refractivity contribution in [2.24, 2.45) is 10.9 Å². The van der Waals surface area contributed by atoms with Crippen LogP contribution in [-0.2, 0) is 11.2 Å². The van der Waals surface area contributed by atoms with E-state index < -0.39 is 5.82 Å². The Morgan fingerprint density at radius 2 is 1.86 bits per heavy atom. The Balaban J connectivity index is 1.53. The molecule has 2 heterocycles. The van der Waals surface area contributed by atoms with Gasteiger partial charge in [0.25, 0.3) is 5.91 Å². The van der Waals surface area contributed by atoms with Crippen LogP contribution >= 0.6 is 0 Å². The van der Waals surface area contributed by atoms with Crippen LogP contribution in [0.25, 0.3) is 0 Å². The van der Waals surface area contributed by atoms with Crippen LogP contribution in [-0.4, -0.2) is 41.3 Å². The number of aliphatic hydroxyl groups is 1. The molecule has 1 aliphatic carbocycles. The smallest absolute Gasteiger partial charge is 0.272 e. The summed E-state index contributed by atoms with van der Waals surface area (Å²) in [5.74, 6) is -0.274. The Bertz CT molecular complexity index is 1220. The summed E-state index contributed by atoms with van der Waals surface area (Å²) in [5.41, 5.74) is 4.85. The maximum atomic E-state index is 14.6. The summed E-state index contributed by atoms with van der Waals surface area (Å²) < 4.78 is 14.6. The first-order valence-corrected chi connectivity index (χ1v) is 12.6. The number of benzene rings is 2. The third kappa shape index (κ3) is 4.92. The number of likely N-dealkylation sites (tertiary alicyclic amines) is 1. The van der Waals surface area contributed by atoms with E-state index in [0.717, 1.165) is 30.4 Å². The van der Waals surface area contributed by atoms with Crippen LogP contribution in [0, 0.1) is 23.1 Å². The maximum absolute atomic E-state index is 14.6. The van der Waals surface area contributed by atoms with Gasteiger partial charge in [0.2, 0.25) is 0 Å². The molecule has 2 aliphatic heterocycles. The largest absolute Gasteiger partial charge is 0.396 e. The number of aliphatic imine (C=N–C) groups is 1. The Kier molecular flexibility index (Phi) is 6.79. The number of carbonyl (C=O) groups excluding carboxylic acids is 1. The molecule has 0 spiro atoms. The first-order chi connectivity index (χ1) is 17.1. The fourth-order valence-electron chi connectivity index (χ4n) is 5.27. The molecule has 5 nitrogen and oxygen atoms in total. The van der Waals surface area contributed by atoms with Gasteiger partial charge < -0.3 is 10.0 Å². The van der Waals surface area contributed by atoms with Crippen LogP contribution in [0.1, 0.15) is 66.7 Å². The molecule has 1 N–H and O–H groups in total. The van der Waals surface area contributed by atoms with Gasteiger partial charge in [-0.25, -0.2) is 9.38 Å². The van der Waals surface area contributed by atoms with Crippen LogP contribution in [0.5, 0.6) is 0 Å². The average molecular weight is 472 g/mol. The molecule has 2 fully saturated rings. The fraction of sp³-hybridized carbons (Fsp3) is 0.414. The third-order valence-corrected chi connectivity index (χ3v) is 7.37. The zero-order valence-electron chi connectivity index (χ0n) is 19.8. The summed E-state index contributed by atoms with van der Waals surface area (Å²) in [6.45, 7) is 1.32. The Morgan fingerprint density at radius 1 is 1.11 bits per heavy atom. The minimum absolute atomic E-state index is 0.0206. The Morgan fingerprint density at radius 3 is 2.49 bits per heavy atom. The number of halogens is 1. The summed E-state index contributed by atoms with van der Waals surface area (Å²) in [5, 5.41) is 19.0. The molecule has 3 aliphatic rings. The molecule has 1 saturated heterocycles. The second kappa shape index (κ2) is 10.1. The van der Waals surface area contributed by atoms with Gasteiger partial charge in [-0.05, 0) is 85.3 Å². The molecule has 1 unspecified atom stereocenters. The van der Waals surface area contributed by atoms with Gasteiger partial charge in [-0.15, -0.1) is 0 Å². The van der Waals surface area contributed by atoms with Crippen molar-refractivity contribution < 1.29 is 14.3 Å². The van der Waals surface area contributed by atoms with E-state index in [0.29, 0.717) is 48.8 Å². The second-order valence-corrected chi connectivity index (χ2v) is 9.78. The van der Waals surface area contributed by atoms with Crippen LogP contribution < -0.4 is 0 Å². The lowest BCUT2D eigenvalue weighted by atomic mass is 9.84. The highest BCUT2D eigenvalue weighted by Crippen LogP contribution is 2.40. The lowest BCUT2D eigenvalue weighted by Gasteiger charge is -2.27. The first kappa shape index (κ1) is 23.4. The number of hydrogen-bond donors (Lipinski definition) is 1. The van der Waals surface area contributed by atoms with Gasteiger partial charge in [-0.2, -0.15) is 5.26 Å². The topological polar surface area (TPSA) is 76.7 Å². The zero-order chi connectivity index (χ0) is 24.4. The summed E-state index contributed by atoms with van der Waals surface area (Å²) in [4.78, 5) is 20.2. The number of carbonyl (C=O) groups is 1. The number of nitriles is 1. The molecule has 0 aromatic heterocycles. The van der Waals surface area contributed by atoms with Crippen molar-refractivity contribution >= 4 is 11.6 Å². The molecule has 180 valence electrons. The van der Waals surface area contributed by atoms with E-state index >= 15 is 0 Å². The van der Waals surface area contributed by atoms with E-state index in [2.05, 4.69) is 24.3 Å². The number of piperidine rings is 1. The summed E-state index contributed by atoms with van der Waals surface area (Å²) in [7, 11) is 0. The van der Waals surface area contributed by atoms with Crippen molar-refractivity contribution in [3.63, 3.8) is 0 Å². The number of hydrogen-bond acceptors (Lipinski definition) is 4. The molecule has 0 bridgehead atoms. The highest BCUT2D eigenvalue weighted by molar-refractivity contribution is 6.11. The van der Waals surface area contributed by atoms with Crippen LogP contribution in [0.3, 0.4) is 0 Å². The molecular weight excluding hydrogens is 441 g/mol. The summed E-state index contributed by atoms with van der Waals surface area (Å²) in [6.07, 6.45) is 6.50. The van der Waals surface area contributed by atoms with Gasteiger partial charge in [0, 0.05) is 25.6 Å². The van der Waals surface area contributed by atoms with Crippen molar-refractivity contribution in [3.8, 4) is 6.07 Å². The normalized spacial score (nSPS) is 20.1. The predicted octanol–water partition coefficient (Wildman–Crippen LogP) is 4.89. The van der Waals surface area contributed by atoms with E-state index in [4.69, 9.17) is 10.3 Å². The van der Waals surface area contributed by atoms with Gasteiger partial charge in [-0.1, -0.05) is 30.3 Å². The lowest BCUT2D eigenvalue weighted by Crippen LogP contribution is -2.36. The van der Waals surface area contributed by atoms with Gasteiger partial charge in [-0.3, -0.25) is 4.79 Å². The second-order valence-electron chi connectivity index (χ2n) is 9.78. The molecule has 1 atom stereocenters. The van der Waals surface area contributed by atoms with E-state index in [1.54, 1.807) is 6.07 Å². The van der Waals surface area contributed by atoms with E-state index in [9.17, 15) is 14.3 Å². The molecule has 2 aromatic carbocycles. The predicted molar refractivity (Wildman–Crippen MR) is 132 cm³/mol. The van der Waals surface area contributed by atoms with E-state index in [-0.39, 0.29) is 24.0 Å². The quantitative estimate of drug-likeness (QED) is 0.625. The summed E-state index contributed by atoms with van der Waals surface area (Å²) in [6, 6.07) is 15.0. The molecule has 5 rings (SSSR count). The van der Waals surface area contributed by atoms with E-state index in [1.807, 2.05) is 11.0 Å². The third-order valence-electron chi connectivity index (χ3n) is 7.37. The molecule has 1 amide bonds. The molecular formula is C29H30FN3O2. The van der Waals surface area contributed by atoms with Gasteiger partial charge in [0.05, 0.1) is 11.3 Å². The van der Waals surface area contributed by atoms with Crippen LogP contribution in [0.4, 0.5) is 4.39 Å². The van der Waals surface area contributed by atoms with Crippen molar-refractivity contribution in [2.45, 2.75) is 50.9 Å². The monoisotopic (exact) mass is 471 g/mol. The Hall–Kier alpha value is -3.30. The zero-order valence-corrected chi connectivity index (χ0v) is 19.8. The fourth-order valence-corrected chi connectivity index (χ4v) is 5.27. The molecule has 0 radical (unpaired) electrons. The highest BCUT2D eigenvalue weighted by atomic mass is 19.1. The average Bonchev–Trinajstić information content (AvgIpc) is 3.68. The molecule has 2 aromatic rings. The number of amides is 1.